The third-order valence-corrected chi connectivity index (χ3v) is 1.84. The summed E-state index contributed by atoms with van der Waals surface area (Å²) in [4.78, 5) is 20.9. The maximum absolute atomic E-state index is 10.8. The normalized spacial score (nSPS) is 12.5. The van der Waals surface area contributed by atoms with Crippen molar-refractivity contribution in [3.05, 3.63) is 0 Å². The molecule has 0 saturated heterocycles. The Morgan fingerprint density at radius 2 is 1.77 bits per heavy atom. The summed E-state index contributed by atoms with van der Waals surface area (Å²) in [5.41, 5.74) is 0. The molecule has 1 unspecified atom stereocenters. The van der Waals surface area contributed by atoms with Crippen LogP contribution in [0.5, 0.6) is 0 Å². The van der Waals surface area contributed by atoms with Gasteiger partial charge in [-0.2, -0.15) is 0 Å². The summed E-state index contributed by atoms with van der Waals surface area (Å²) in [5, 5.41) is 17.5. The zero-order valence-electron chi connectivity index (χ0n) is 7.82. The summed E-state index contributed by atoms with van der Waals surface area (Å²) in [6.07, 6.45) is 0.725. The first-order valence-electron chi connectivity index (χ1n) is 4.47. The molecule has 0 amide bonds. The molecule has 0 aromatic heterocycles. The van der Waals surface area contributed by atoms with Crippen molar-refractivity contribution in [2.24, 2.45) is 0 Å². The first-order valence-corrected chi connectivity index (χ1v) is 4.47. The lowest BCUT2D eigenvalue weighted by Crippen LogP contribution is -2.11. The van der Waals surface area contributed by atoms with Gasteiger partial charge in [-0.05, 0) is 12.8 Å². The highest BCUT2D eigenvalue weighted by atomic mass is 16.4. The number of hydrogen-bond acceptors (Lipinski definition) is 3. The Kier molecular flexibility index (Phi) is 6.14. The molecule has 0 aromatic carbocycles. The average molecular weight is 188 g/mol. The van der Waals surface area contributed by atoms with Crippen LogP contribution in [0.15, 0.2) is 0 Å². The largest absolute Gasteiger partial charge is 0.481 e. The van der Waals surface area contributed by atoms with E-state index in [1.54, 1.807) is 6.92 Å². The highest BCUT2D eigenvalue weighted by Crippen LogP contribution is 2.06. The molecule has 13 heavy (non-hydrogen) atoms. The van der Waals surface area contributed by atoms with Crippen LogP contribution >= 0.6 is 0 Å². The van der Waals surface area contributed by atoms with Crippen LogP contribution in [0.2, 0.25) is 0 Å². The average Bonchev–Trinajstić information content (AvgIpc) is 2.10. The van der Waals surface area contributed by atoms with Gasteiger partial charge >= 0.3 is 5.97 Å². The van der Waals surface area contributed by atoms with E-state index in [1.807, 2.05) is 0 Å². The Labute approximate surface area is 77.6 Å². The van der Waals surface area contributed by atoms with E-state index in [1.165, 1.54) is 0 Å². The van der Waals surface area contributed by atoms with Crippen LogP contribution in [0.25, 0.3) is 0 Å². The molecule has 2 N–H and O–H groups in total. The lowest BCUT2D eigenvalue weighted by Gasteiger charge is -2.07. The molecule has 1 atom stereocenters. The van der Waals surface area contributed by atoms with Crippen LogP contribution in [0.3, 0.4) is 0 Å². The van der Waals surface area contributed by atoms with Gasteiger partial charge in [0.2, 0.25) is 0 Å². The zero-order valence-corrected chi connectivity index (χ0v) is 7.82. The van der Waals surface area contributed by atoms with Gasteiger partial charge in [0.1, 0.15) is 5.78 Å². The van der Waals surface area contributed by atoms with Crippen LogP contribution in [-0.4, -0.2) is 28.1 Å². The molecule has 0 aromatic rings. The molecule has 4 heteroatoms. The summed E-state index contributed by atoms with van der Waals surface area (Å²) < 4.78 is 0. The fraction of sp³-hybridized carbons (Fsp3) is 0.778. The first kappa shape index (κ1) is 12.1. The number of carboxylic acid groups (broad SMARTS) is 1. The maximum Gasteiger partial charge on any atom is 0.303 e. The molecule has 0 rings (SSSR count). The highest BCUT2D eigenvalue weighted by molar-refractivity contribution is 5.77. The second kappa shape index (κ2) is 6.60. The summed E-state index contributed by atoms with van der Waals surface area (Å²) in [6, 6.07) is 0. The van der Waals surface area contributed by atoms with Crippen LogP contribution in [0.4, 0.5) is 0 Å². The molecule has 0 fully saturated rings. The van der Waals surface area contributed by atoms with Gasteiger partial charge in [0.25, 0.3) is 0 Å². The fourth-order valence-electron chi connectivity index (χ4n) is 0.939. The number of carboxylic acids is 1. The van der Waals surface area contributed by atoms with Gasteiger partial charge in [0.15, 0.2) is 0 Å². The van der Waals surface area contributed by atoms with Crippen LogP contribution in [0.1, 0.15) is 39.0 Å². The SMILES string of the molecule is CCC(=O)CCC(O)CCC(=O)O. The van der Waals surface area contributed by atoms with E-state index >= 15 is 0 Å². The standard InChI is InChI=1S/C9H16O4/c1-2-7(10)3-4-8(11)5-6-9(12)13/h8,11H,2-6H2,1H3,(H,12,13). The van der Waals surface area contributed by atoms with E-state index in [-0.39, 0.29) is 18.6 Å². The lowest BCUT2D eigenvalue weighted by molar-refractivity contribution is -0.137. The predicted molar refractivity (Wildman–Crippen MR) is 47.4 cm³/mol. The molecule has 0 saturated carbocycles. The van der Waals surface area contributed by atoms with E-state index in [0.717, 1.165) is 0 Å². The van der Waals surface area contributed by atoms with Crippen molar-refractivity contribution in [2.45, 2.75) is 45.1 Å². The van der Waals surface area contributed by atoms with Crippen molar-refractivity contribution < 1.29 is 19.8 Å². The van der Waals surface area contributed by atoms with Crippen molar-refractivity contribution >= 4 is 11.8 Å². The Bertz CT molecular complexity index is 176. The Hall–Kier alpha value is -0.900. The highest BCUT2D eigenvalue weighted by Gasteiger charge is 2.08. The smallest absolute Gasteiger partial charge is 0.303 e. The molecule has 4 nitrogen and oxygen atoms in total. The van der Waals surface area contributed by atoms with E-state index in [2.05, 4.69) is 0 Å². The molecule has 0 spiro atoms. The van der Waals surface area contributed by atoms with Crippen molar-refractivity contribution in [2.75, 3.05) is 0 Å². The number of ketones is 1. The summed E-state index contributed by atoms with van der Waals surface area (Å²) in [5.74, 6) is -0.810. The monoisotopic (exact) mass is 188 g/mol. The number of rotatable bonds is 7. The van der Waals surface area contributed by atoms with Crippen LogP contribution < -0.4 is 0 Å². The van der Waals surface area contributed by atoms with Gasteiger partial charge in [0.05, 0.1) is 6.10 Å². The van der Waals surface area contributed by atoms with Crippen molar-refractivity contribution in [3.8, 4) is 0 Å². The van der Waals surface area contributed by atoms with Crippen molar-refractivity contribution in [3.63, 3.8) is 0 Å². The van der Waals surface area contributed by atoms with Gasteiger partial charge in [0, 0.05) is 19.3 Å². The lowest BCUT2D eigenvalue weighted by atomic mass is 10.1. The summed E-state index contributed by atoms with van der Waals surface area (Å²) in [6.45, 7) is 1.77. The Balaban J connectivity index is 3.45. The zero-order chi connectivity index (χ0) is 10.3. The van der Waals surface area contributed by atoms with Gasteiger partial charge in [-0.1, -0.05) is 6.92 Å². The predicted octanol–water partition coefficient (Wildman–Crippen LogP) is 0.971. The third kappa shape index (κ3) is 7.46. The van der Waals surface area contributed by atoms with Crippen molar-refractivity contribution in [1.82, 2.24) is 0 Å². The number of Topliss-reactive ketones (excluding diaryl/α,β-unsaturated/α-hetero) is 1. The minimum atomic E-state index is -0.916. The molecule has 0 aliphatic carbocycles. The molecule has 76 valence electrons. The summed E-state index contributed by atoms with van der Waals surface area (Å²) in [7, 11) is 0. The minimum Gasteiger partial charge on any atom is -0.481 e. The third-order valence-electron chi connectivity index (χ3n) is 1.84. The Morgan fingerprint density at radius 1 is 1.23 bits per heavy atom. The van der Waals surface area contributed by atoms with Gasteiger partial charge < -0.3 is 10.2 Å². The molecular weight excluding hydrogens is 172 g/mol. The number of hydrogen-bond donors (Lipinski definition) is 2. The maximum atomic E-state index is 10.8. The van der Waals surface area contributed by atoms with E-state index in [9.17, 15) is 14.7 Å². The first-order chi connectivity index (χ1) is 6.06. The minimum absolute atomic E-state index is 0.0402. The topological polar surface area (TPSA) is 74.6 Å². The molecule has 0 radical (unpaired) electrons. The number of aliphatic hydroxyl groups excluding tert-OH is 1. The molecule has 0 bridgehead atoms. The van der Waals surface area contributed by atoms with Gasteiger partial charge in [-0.15, -0.1) is 0 Å². The second-order valence-electron chi connectivity index (χ2n) is 3.02. The van der Waals surface area contributed by atoms with E-state index in [0.29, 0.717) is 19.3 Å². The Morgan fingerprint density at radius 3 is 2.23 bits per heavy atom. The van der Waals surface area contributed by atoms with E-state index < -0.39 is 12.1 Å². The summed E-state index contributed by atoms with van der Waals surface area (Å²) >= 11 is 0. The second-order valence-corrected chi connectivity index (χ2v) is 3.02. The number of aliphatic carboxylic acids is 1. The quantitative estimate of drug-likeness (QED) is 0.624. The fourth-order valence-corrected chi connectivity index (χ4v) is 0.939. The molecular formula is C9H16O4. The van der Waals surface area contributed by atoms with Crippen LogP contribution in [-0.2, 0) is 9.59 Å². The van der Waals surface area contributed by atoms with Gasteiger partial charge in [-0.25, -0.2) is 0 Å². The molecule has 0 aliphatic rings. The molecule has 0 aliphatic heterocycles. The van der Waals surface area contributed by atoms with E-state index in [4.69, 9.17) is 5.11 Å². The number of carbonyl (C=O) groups excluding carboxylic acids is 1. The molecule has 0 heterocycles. The van der Waals surface area contributed by atoms with Gasteiger partial charge in [-0.3, -0.25) is 9.59 Å². The number of aliphatic hydroxyl groups is 1. The number of carbonyl (C=O) groups is 2. The van der Waals surface area contributed by atoms with Crippen molar-refractivity contribution in [1.29, 1.82) is 0 Å². The van der Waals surface area contributed by atoms with Crippen LogP contribution in [0, 0.1) is 0 Å².